The molecule has 0 spiro atoms. The van der Waals surface area contributed by atoms with E-state index in [1.54, 1.807) is 5.38 Å². The fourth-order valence-corrected chi connectivity index (χ4v) is 2.90. The maximum absolute atomic E-state index is 12.1. The number of carbonyl (C=O) groups excluding carboxylic acids is 1. The predicted molar refractivity (Wildman–Crippen MR) is 93.8 cm³/mol. The molecule has 1 heterocycles. The minimum absolute atomic E-state index is 0.0233. The summed E-state index contributed by atoms with van der Waals surface area (Å²) >= 11 is 1.13. The molecule has 0 aliphatic rings. The summed E-state index contributed by atoms with van der Waals surface area (Å²) in [5, 5.41) is 4.68. The van der Waals surface area contributed by atoms with Crippen LogP contribution in [0.4, 0.5) is 5.69 Å². The molecular weight excluding hydrogens is 308 g/mol. The molecule has 2 N–H and O–H groups in total. The van der Waals surface area contributed by atoms with Gasteiger partial charge in [0.05, 0.1) is 5.69 Å². The van der Waals surface area contributed by atoms with Crippen LogP contribution in [0.5, 0.6) is 0 Å². The van der Waals surface area contributed by atoms with Crippen LogP contribution in [0.1, 0.15) is 12.0 Å². The van der Waals surface area contributed by atoms with Crippen molar-refractivity contribution in [3.63, 3.8) is 0 Å². The Bertz CT molecular complexity index is 852. The van der Waals surface area contributed by atoms with Crippen LogP contribution in [-0.4, -0.2) is 10.9 Å². The molecule has 1 aromatic heterocycles. The van der Waals surface area contributed by atoms with Gasteiger partial charge in [-0.15, -0.1) is 0 Å². The molecule has 0 saturated heterocycles. The molecule has 0 fully saturated rings. The number of hydrogen-bond acceptors (Lipinski definition) is 3. The number of aromatic amines is 1. The number of carbonyl (C=O) groups is 1. The molecule has 0 unspecified atom stereocenters. The van der Waals surface area contributed by atoms with Gasteiger partial charge in [0.15, 0.2) is 0 Å². The van der Waals surface area contributed by atoms with Gasteiger partial charge < -0.3 is 10.3 Å². The smallest absolute Gasteiger partial charge is 0.304 e. The molecule has 0 aliphatic carbocycles. The summed E-state index contributed by atoms with van der Waals surface area (Å²) in [5.74, 6) is -0.0233. The Labute approximate surface area is 137 Å². The molecule has 0 atom stereocenters. The first-order valence-electron chi connectivity index (χ1n) is 7.33. The maximum Gasteiger partial charge on any atom is 0.304 e. The lowest BCUT2D eigenvalue weighted by Crippen LogP contribution is -2.12. The molecule has 3 aromatic rings. The number of H-pyrrole nitrogens is 1. The van der Waals surface area contributed by atoms with Gasteiger partial charge in [0, 0.05) is 23.1 Å². The highest BCUT2D eigenvalue weighted by Crippen LogP contribution is 2.21. The van der Waals surface area contributed by atoms with E-state index in [4.69, 9.17) is 0 Å². The molecule has 4 nitrogen and oxygen atoms in total. The van der Waals surface area contributed by atoms with E-state index in [0.29, 0.717) is 12.8 Å². The number of aryl methyl sites for hydroxylation is 1. The fraction of sp³-hybridized carbons (Fsp3) is 0.111. The number of benzene rings is 2. The van der Waals surface area contributed by atoms with E-state index >= 15 is 0 Å². The van der Waals surface area contributed by atoms with Crippen LogP contribution in [0.3, 0.4) is 0 Å². The lowest BCUT2D eigenvalue weighted by molar-refractivity contribution is -0.116. The Hall–Kier alpha value is -2.66. The molecule has 5 heteroatoms. The highest BCUT2D eigenvalue weighted by Gasteiger charge is 2.06. The number of hydrogen-bond donors (Lipinski definition) is 2. The third-order valence-electron chi connectivity index (χ3n) is 3.46. The summed E-state index contributed by atoms with van der Waals surface area (Å²) in [6, 6.07) is 17.4. The van der Waals surface area contributed by atoms with Gasteiger partial charge in [0.1, 0.15) is 0 Å². The summed E-state index contributed by atoms with van der Waals surface area (Å²) in [6.45, 7) is 0. The lowest BCUT2D eigenvalue weighted by atomic mass is 10.1. The van der Waals surface area contributed by atoms with Crippen LogP contribution < -0.4 is 10.2 Å². The highest BCUT2D eigenvalue weighted by molar-refractivity contribution is 7.07. The fourth-order valence-electron chi connectivity index (χ4n) is 2.31. The van der Waals surface area contributed by atoms with Crippen LogP contribution in [0.2, 0.25) is 0 Å². The topological polar surface area (TPSA) is 62.0 Å². The maximum atomic E-state index is 12.1. The first kappa shape index (κ1) is 15.2. The predicted octanol–water partition coefficient (Wildman–Crippen LogP) is 3.67. The average molecular weight is 324 g/mol. The van der Waals surface area contributed by atoms with Crippen molar-refractivity contribution in [2.75, 3.05) is 5.32 Å². The van der Waals surface area contributed by atoms with Crippen molar-refractivity contribution in [3.8, 4) is 11.3 Å². The second-order valence-electron chi connectivity index (χ2n) is 5.18. The van der Waals surface area contributed by atoms with Gasteiger partial charge in [-0.1, -0.05) is 53.8 Å². The monoisotopic (exact) mass is 324 g/mol. The second-order valence-corrected chi connectivity index (χ2v) is 6.02. The molecule has 0 bridgehead atoms. The number of aromatic nitrogens is 1. The lowest BCUT2D eigenvalue weighted by Gasteiger charge is -2.07. The van der Waals surface area contributed by atoms with Gasteiger partial charge >= 0.3 is 4.87 Å². The van der Waals surface area contributed by atoms with Gasteiger partial charge in [-0.2, -0.15) is 0 Å². The van der Waals surface area contributed by atoms with Crippen LogP contribution >= 0.6 is 11.3 Å². The van der Waals surface area contributed by atoms with E-state index in [2.05, 4.69) is 10.3 Å². The molecular formula is C18H16N2O2S. The van der Waals surface area contributed by atoms with E-state index in [9.17, 15) is 9.59 Å². The summed E-state index contributed by atoms with van der Waals surface area (Å²) in [6.07, 6.45) is 1.15. The number of nitrogens with one attached hydrogen (secondary N) is 2. The molecule has 23 heavy (non-hydrogen) atoms. The van der Waals surface area contributed by atoms with Crippen molar-refractivity contribution in [1.82, 2.24) is 4.98 Å². The number of amides is 1. The van der Waals surface area contributed by atoms with E-state index < -0.39 is 0 Å². The zero-order valence-corrected chi connectivity index (χ0v) is 13.2. The van der Waals surface area contributed by atoms with Crippen molar-refractivity contribution in [2.45, 2.75) is 12.8 Å². The van der Waals surface area contributed by atoms with Crippen LogP contribution in [0, 0.1) is 0 Å². The van der Waals surface area contributed by atoms with Gasteiger partial charge in [-0.3, -0.25) is 9.59 Å². The number of rotatable bonds is 5. The van der Waals surface area contributed by atoms with E-state index in [0.717, 1.165) is 33.8 Å². The average Bonchev–Trinajstić information content (AvgIpc) is 3.01. The molecule has 0 aliphatic heterocycles. The van der Waals surface area contributed by atoms with Gasteiger partial charge in [-0.25, -0.2) is 0 Å². The molecule has 0 saturated carbocycles. The highest BCUT2D eigenvalue weighted by atomic mass is 32.1. The number of thiazole rings is 1. The van der Waals surface area contributed by atoms with Crippen molar-refractivity contribution in [1.29, 1.82) is 0 Å². The summed E-state index contributed by atoms with van der Waals surface area (Å²) in [5.41, 5.74) is 3.52. The van der Waals surface area contributed by atoms with E-state index in [1.807, 2.05) is 54.6 Å². The minimum Gasteiger partial charge on any atom is -0.326 e. The number of anilines is 1. The Balaban J connectivity index is 1.63. The Morgan fingerprint density at radius 1 is 1.09 bits per heavy atom. The zero-order valence-electron chi connectivity index (χ0n) is 12.4. The summed E-state index contributed by atoms with van der Waals surface area (Å²) in [7, 11) is 0. The van der Waals surface area contributed by atoms with Crippen molar-refractivity contribution in [3.05, 3.63) is 75.2 Å². The molecule has 3 rings (SSSR count). The molecule has 0 radical (unpaired) electrons. The molecule has 1 amide bonds. The van der Waals surface area contributed by atoms with E-state index in [1.165, 1.54) is 0 Å². The summed E-state index contributed by atoms with van der Waals surface area (Å²) in [4.78, 5) is 26.0. The normalized spacial score (nSPS) is 10.4. The SMILES string of the molecule is O=C(CCc1ccccc1)Nc1cccc(-c2csc(=O)[nH]2)c1. The molecule has 2 aromatic carbocycles. The summed E-state index contributed by atoms with van der Waals surface area (Å²) < 4.78 is 0. The quantitative estimate of drug-likeness (QED) is 0.752. The first-order chi connectivity index (χ1) is 11.2. The van der Waals surface area contributed by atoms with Crippen LogP contribution in [0.15, 0.2) is 64.8 Å². The van der Waals surface area contributed by atoms with Crippen molar-refractivity contribution in [2.24, 2.45) is 0 Å². The Kier molecular flexibility index (Phi) is 4.68. The standard InChI is InChI=1S/C18H16N2O2S/c21-17(10-9-13-5-2-1-3-6-13)19-15-8-4-7-14(11-15)16-12-23-18(22)20-16/h1-8,11-12H,9-10H2,(H,19,21)(H,20,22). The third kappa shape index (κ3) is 4.17. The Morgan fingerprint density at radius 3 is 2.65 bits per heavy atom. The van der Waals surface area contributed by atoms with Crippen LogP contribution in [0.25, 0.3) is 11.3 Å². The third-order valence-corrected chi connectivity index (χ3v) is 4.13. The van der Waals surface area contributed by atoms with Crippen molar-refractivity contribution < 1.29 is 4.79 Å². The minimum atomic E-state index is -0.0858. The van der Waals surface area contributed by atoms with Crippen LogP contribution in [-0.2, 0) is 11.2 Å². The Morgan fingerprint density at radius 2 is 1.91 bits per heavy atom. The van der Waals surface area contributed by atoms with Gasteiger partial charge in [-0.05, 0) is 24.1 Å². The zero-order chi connectivity index (χ0) is 16.1. The van der Waals surface area contributed by atoms with Crippen molar-refractivity contribution >= 4 is 22.9 Å². The van der Waals surface area contributed by atoms with Gasteiger partial charge in [0.25, 0.3) is 0 Å². The molecule has 116 valence electrons. The first-order valence-corrected chi connectivity index (χ1v) is 8.21. The largest absolute Gasteiger partial charge is 0.326 e. The van der Waals surface area contributed by atoms with Gasteiger partial charge in [0.2, 0.25) is 5.91 Å². The van der Waals surface area contributed by atoms with E-state index in [-0.39, 0.29) is 10.8 Å². The second kappa shape index (κ2) is 7.07.